The molecule has 2 atom stereocenters. The third-order valence-corrected chi connectivity index (χ3v) is 6.73. The quantitative estimate of drug-likeness (QED) is 0.280. The molecule has 0 fully saturated rings. The molecule has 2 aliphatic heterocycles. The Kier molecular flexibility index (Phi) is 4.97. The number of nitrogens with one attached hydrogen (secondary N) is 2. The first-order chi connectivity index (χ1) is 17.0. The zero-order chi connectivity index (χ0) is 24.1. The number of benzene rings is 4. The molecule has 6 heteroatoms. The molecule has 4 N–H and O–H groups in total. The van der Waals surface area contributed by atoms with Gasteiger partial charge in [-0.1, -0.05) is 54.6 Å². The van der Waals surface area contributed by atoms with Crippen LogP contribution in [0.5, 0.6) is 0 Å². The van der Waals surface area contributed by atoms with E-state index in [1.807, 2.05) is 36.4 Å². The van der Waals surface area contributed by atoms with Crippen LogP contribution >= 0.6 is 0 Å². The summed E-state index contributed by atoms with van der Waals surface area (Å²) in [7, 11) is 0. The average molecular weight is 464 g/mol. The number of hydrogen-bond donors (Lipinski definition) is 3. The van der Waals surface area contributed by atoms with Gasteiger partial charge in [-0.25, -0.2) is 4.39 Å². The highest BCUT2D eigenvalue weighted by atomic mass is 19.1. The molecule has 4 aromatic rings. The van der Waals surface area contributed by atoms with Crippen LogP contribution in [0, 0.1) is 11.2 Å². The van der Waals surface area contributed by atoms with Crippen LogP contribution in [0.1, 0.15) is 55.9 Å². The first kappa shape index (κ1) is 21.3. The fourth-order valence-electron chi connectivity index (χ4n) is 4.90. The second-order valence-corrected chi connectivity index (χ2v) is 8.88. The summed E-state index contributed by atoms with van der Waals surface area (Å²) in [6.07, 6.45) is -0.360. The van der Waals surface area contributed by atoms with Crippen LogP contribution in [0.4, 0.5) is 4.39 Å². The normalized spacial score (nSPS) is 17.1. The van der Waals surface area contributed by atoms with Gasteiger partial charge in [0.25, 0.3) is 5.91 Å². The Morgan fingerprint density at radius 2 is 1.40 bits per heavy atom. The third-order valence-electron chi connectivity index (χ3n) is 6.73. The first-order valence-corrected chi connectivity index (χ1v) is 11.4. The maximum Gasteiger partial charge on any atom is 0.251 e. The van der Waals surface area contributed by atoms with Crippen molar-refractivity contribution >= 4 is 11.7 Å². The second-order valence-electron chi connectivity index (χ2n) is 8.88. The molecule has 2 bridgehead atoms. The molecular weight excluding hydrogens is 441 g/mol. The summed E-state index contributed by atoms with van der Waals surface area (Å²) in [4.78, 5) is 12.9. The molecule has 1 amide bonds. The molecule has 0 saturated carbocycles. The number of nitrogens with two attached hydrogens (primary N) is 1. The fraction of sp³-hybridized carbons (Fsp3) is 0.103. The van der Waals surface area contributed by atoms with Crippen molar-refractivity contribution in [3.05, 3.63) is 130 Å². The van der Waals surface area contributed by atoms with Gasteiger partial charge in [-0.15, -0.1) is 0 Å². The monoisotopic (exact) mass is 463 g/mol. The van der Waals surface area contributed by atoms with Gasteiger partial charge in [0.05, 0.1) is 0 Å². The molecule has 0 aliphatic carbocycles. The standard InChI is InChI=1S/C29H22FN3O2/c30-21-9-5-17(6-10-21)19-7-11-22-24(13-19)27-25-14-20(8-12-23(25)26(22)35-27)29(34)33-15-16-1-3-18(4-2-16)28(31)32/h1-14,26-27H,15H2,(H3,31,32)(H,33,34). The lowest BCUT2D eigenvalue weighted by molar-refractivity contribution is 0.0857. The van der Waals surface area contributed by atoms with E-state index in [-0.39, 0.29) is 29.8 Å². The number of carbonyl (C=O) groups excluding carboxylic acids is 1. The molecule has 0 radical (unpaired) electrons. The highest BCUT2D eigenvalue weighted by Gasteiger charge is 2.43. The van der Waals surface area contributed by atoms with E-state index in [1.54, 1.807) is 24.3 Å². The Labute approximate surface area is 201 Å². The highest BCUT2D eigenvalue weighted by Crippen LogP contribution is 2.54. The Balaban J connectivity index is 1.22. The molecule has 0 saturated heterocycles. The molecule has 0 aromatic heterocycles. The van der Waals surface area contributed by atoms with E-state index < -0.39 is 0 Å². The van der Waals surface area contributed by atoms with Crippen LogP contribution in [-0.4, -0.2) is 11.7 Å². The maximum absolute atomic E-state index is 13.3. The van der Waals surface area contributed by atoms with E-state index in [9.17, 15) is 9.18 Å². The average Bonchev–Trinajstić information content (AvgIpc) is 3.45. The summed E-state index contributed by atoms with van der Waals surface area (Å²) < 4.78 is 19.6. The SMILES string of the molecule is N=C(N)c1ccc(CNC(=O)c2ccc3c(c2)C2OC3c3ccc(-c4ccc(F)cc4)cc32)cc1. The molecule has 2 unspecified atom stereocenters. The predicted molar refractivity (Wildman–Crippen MR) is 132 cm³/mol. The molecule has 35 heavy (non-hydrogen) atoms. The van der Waals surface area contributed by atoms with Crippen molar-refractivity contribution in [1.29, 1.82) is 5.41 Å². The lowest BCUT2D eigenvalue weighted by atomic mass is 9.84. The zero-order valence-electron chi connectivity index (χ0n) is 18.7. The number of amidine groups is 1. The summed E-state index contributed by atoms with van der Waals surface area (Å²) >= 11 is 0. The van der Waals surface area contributed by atoms with Gasteiger partial charge < -0.3 is 15.8 Å². The van der Waals surface area contributed by atoms with Gasteiger partial charge in [0.2, 0.25) is 0 Å². The van der Waals surface area contributed by atoms with Crippen molar-refractivity contribution in [2.75, 3.05) is 0 Å². The number of nitrogen functional groups attached to an aromatic ring is 1. The van der Waals surface area contributed by atoms with Gasteiger partial charge in [-0.2, -0.15) is 0 Å². The van der Waals surface area contributed by atoms with Gasteiger partial charge in [-0.3, -0.25) is 10.2 Å². The van der Waals surface area contributed by atoms with Crippen LogP contribution in [0.3, 0.4) is 0 Å². The molecule has 2 heterocycles. The van der Waals surface area contributed by atoms with Gasteiger partial charge in [0.15, 0.2) is 0 Å². The van der Waals surface area contributed by atoms with Crippen LogP contribution < -0.4 is 11.1 Å². The minimum atomic E-state index is -0.259. The molecular formula is C29H22FN3O2. The number of rotatable bonds is 5. The first-order valence-electron chi connectivity index (χ1n) is 11.4. The molecule has 2 aliphatic rings. The summed E-state index contributed by atoms with van der Waals surface area (Å²) in [5.74, 6) is -0.404. The van der Waals surface area contributed by atoms with Crippen molar-refractivity contribution in [2.24, 2.45) is 5.73 Å². The second kappa shape index (κ2) is 8.18. The van der Waals surface area contributed by atoms with Crippen LogP contribution in [0.15, 0.2) is 84.9 Å². The maximum atomic E-state index is 13.3. The van der Waals surface area contributed by atoms with Crippen molar-refractivity contribution in [2.45, 2.75) is 18.8 Å². The lowest BCUT2D eigenvalue weighted by Crippen LogP contribution is -2.23. The predicted octanol–water partition coefficient (Wildman–Crippen LogP) is 5.23. The Hall–Kier alpha value is -4.29. The van der Waals surface area contributed by atoms with Crippen LogP contribution in [0.25, 0.3) is 11.1 Å². The molecule has 172 valence electrons. The highest BCUT2D eigenvalue weighted by molar-refractivity contribution is 5.95. The summed E-state index contributed by atoms with van der Waals surface area (Å²) in [6.45, 7) is 0.376. The van der Waals surface area contributed by atoms with E-state index in [1.165, 1.54) is 12.1 Å². The largest absolute Gasteiger partial charge is 0.384 e. The zero-order valence-corrected chi connectivity index (χ0v) is 18.7. The van der Waals surface area contributed by atoms with Crippen LogP contribution in [-0.2, 0) is 11.3 Å². The number of carbonyl (C=O) groups is 1. The van der Waals surface area contributed by atoms with E-state index >= 15 is 0 Å². The summed E-state index contributed by atoms with van der Waals surface area (Å²) in [5, 5.41) is 10.4. The van der Waals surface area contributed by atoms with E-state index in [4.69, 9.17) is 15.9 Å². The third kappa shape index (κ3) is 3.68. The summed E-state index contributed by atoms with van der Waals surface area (Å²) in [6, 6.07) is 25.7. The Morgan fingerprint density at radius 1 is 0.800 bits per heavy atom. The minimum absolute atomic E-state index is 0.0154. The number of fused-ring (bicyclic) bond motifs is 8. The van der Waals surface area contributed by atoms with Gasteiger partial charge in [0, 0.05) is 17.7 Å². The number of amides is 1. The van der Waals surface area contributed by atoms with Gasteiger partial charge in [-0.05, 0) is 69.3 Å². The number of hydrogen-bond acceptors (Lipinski definition) is 3. The fourth-order valence-corrected chi connectivity index (χ4v) is 4.90. The van der Waals surface area contributed by atoms with Gasteiger partial charge >= 0.3 is 0 Å². The van der Waals surface area contributed by atoms with E-state index in [0.29, 0.717) is 17.7 Å². The smallest absolute Gasteiger partial charge is 0.251 e. The molecule has 6 rings (SSSR count). The number of halogens is 1. The minimum Gasteiger partial charge on any atom is -0.384 e. The number of ether oxygens (including phenoxy) is 1. The Morgan fingerprint density at radius 3 is 2.11 bits per heavy atom. The van der Waals surface area contributed by atoms with E-state index in [0.717, 1.165) is 38.9 Å². The lowest BCUT2D eigenvalue weighted by Gasteiger charge is -2.18. The summed E-state index contributed by atoms with van der Waals surface area (Å²) in [5.41, 5.74) is 13.9. The van der Waals surface area contributed by atoms with Crippen molar-refractivity contribution in [3.8, 4) is 11.1 Å². The molecule has 4 aromatic carbocycles. The molecule has 5 nitrogen and oxygen atoms in total. The topological polar surface area (TPSA) is 88.2 Å². The van der Waals surface area contributed by atoms with E-state index in [2.05, 4.69) is 17.4 Å². The molecule has 0 spiro atoms. The van der Waals surface area contributed by atoms with Crippen molar-refractivity contribution in [3.63, 3.8) is 0 Å². The van der Waals surface area contributed by atoms with Crippen molar-refractivity contribution < 1.29 is 13.9 Å². The Bertz CT molecular complexity index is 1480. The van der Waals surface area contributed by atoms with Crippen molar-refractivity contribution in [1.82, 2.24) is 5.32 Å². The van der Waals surface area contributed by atoms with Crippen LogP contribution in [0.2, 0.25) is 0 Å². The van der Waals surface area contributed by atoms with Gasteiger partial charge in [0.1, 0.15) is 23.9 Å².